The van der Waals surface area contributed by atoms with Gasteiger partial charge in [0.05, 0.1) is 17.1 Å². The summed E-state index contributed by atoms with van der Waals surface area (Å²) in [6.07, 6.45) is 8.48. The van der Waals surface area contributed by atoms with E-state index < -0.39 is 75.5 Å². The normalized spacial score (nSPS) is 24.4. The zero-order valence-electron chi connectivity index (χ0n) is 23.5. The number of hydrogen-bond donors (Lipinski definition) is 4. The van der Waals surface area contributed by atoms with Gasteiger partial charge >= 0.3 is 29.6 Å². The van der Waals surface area contributed by atoms with Gasteiger partial charge in [-0.2, -0.15) is 21.2 Å². The Morgan fingerprint density at radius 3 is 1.81 bits per heavy atom. The Labute approximate surface area is 281 Å². The van der Waals surface area contributed by atoms with Crippen LogP contribution < -0.4 is 4.74 Å². The predicted molar refractivity (Wildman–Crippen MR) is 177 cm³/mol. The Kier molecular flexibility index (Phi) is 13.5. The van der Waals surface area contributed by atoms with Crippen LogP contribution in [0.3, 0.4) is 0 Å². The van der Waals surface area contributed by atoms with Crippen LogP contribution in [-0.4, -0.2) is 84.1 Å². The van der Waals surface area contributed by atoms with Gasteiger partial charge in [-0.1, -0.05) is 30.4 Å². The number of allylic oxidation sites excluding steroid dienone is 4. The third kappa shape index (κ3) is 9.00. The zero-order chi connectivity index (χ0) is 30.5. The summed E-state index contributed by atoms with van der Waals surface area (Å²) in [4.78, 5) is 0. The van der Waals surface area contributed by atoms with Crippen molar-refractivity contribution in [2.24, 2.45) is 5.41 Å². The molecule has 0 radical (unpaired) electrons. The van der Waals surface area contributed by atoms with Crippen LogP contribution in [0.15, 0.2) is 58.1 Å². The van der Waals surface area contributed by atoms with E-state index in [4.69, 9.17) is 4.74 Å². The maximum atomic E-state index is 15.3. The first kappa shape index (κ1) is 36.8. The summed E-state index contributed by atoms with van der Waals surface area (Å²) in [7, 11) is -10.7. The molecule has 238 valence electrons. The van der Waals surface area contributed by atoms with E-state index in [1.54, 1.807) is 6.92 Å². The van der Waals surface area contributed by atoms with E-state index in [9.17, 15) is 30.3 Å². The molecule has 2 N–H and O–H groups in total. The summed E-state index contributed by atoms with van der Waals surface area (Å²) in [6.45, 7) is 1.78. The van der Waals surface area contributed by atoms with Gasteiger partial charge in [-0.3, -0.25) is 9.11 Å². The molecular weight excluding hydrogens is 650 g/mol. The van der Waals surface area contributed by atoms with Crippen LogP contribution in [0.5, 0.6) is 5.75 Å². The Hall–Kier alpha value is -0.640. The van der Waals surface area contributed by atoms with E-state index >= 15 is 4.39 Å². The third-order valence-electron chi connectivity index (χ3n) is 8.50. The molecule has 1 saturated carbocycles. The molecule has 3 aliphatic rings. The molecule has 3 atom stereocenters. The number of ether oxygens (including phenoxy) is 1. The Morgan fingerprint density at radius 2 is 1.37 bits per heavy atom. The van der Waals surface area contributed by atoms with Crippen LogP contribution in [-0.2, 0) is 20.2 Å². The minimum absolute atomic E-state index is 0. The molecule has 2 aliphatic heterocycles. The van der Waals surface area contributed by atoms with Gasteiger partial charge in [0, 0.05) is 5.41 Å². The Bertz CT molecular complexity index is 1370. The fourth-order valence-electron chi connectivity index (χ4n) is 6.72. The summed E-state index contributed by atoms with van der Waals surface area (Å²) < 4.78 is 109. The predicted octanol–water partition coefficient (Wildman–Crippen LogP) is 6.13. The molecule has 1 fully saturated rings. The monoisotopic (exact) mass is 690 g/mol. The number of hydrogen-bond acceptors (Lipinski definition) is 5. The van der Waals surface area contributed by atoms with Gasteiger partial charge in [-0.05, 0) is 103 Å². The third-order valence-corrected chi connectivity index (χ3v) is 15.2. The summed E-state index contributed by atoms with van der Waals surface area (Å²) >= 11 is 0. The molecule has 1 aromatic rings. The van der Waals surface area contributed by atoms with Gasteiger partial charge in [0.2, 0.25) is 5.82 Å². The van der Waals surface area contributed by atoms with Crippen molar-refractivity contribution in [3.05, 3.63) is 75.3 Å². The second-order valence-corrected chi connectivity index (χ2v) is 18.4. The molecule has 0 aromatic heterocycles. The molecule has 43 heavy (non-hydrogen) atoms. The molecule has 2 heterocycles. The SMILES string of the molecule is CCOc1ccc(C2CCC(C(CCC[SH]3C=CC=C3)S(=O)(=O)O)(C(CCC[SH]3C=CC=C3)S(=O)(=O)O)C2)c(F)c1F.[NaH]. The van der Waals surface area contributed by atoms with Crippen LogP contribution in [0, 0.1) is 17.0 Å². The molecule has 3 unspecified atom stereocenters. The van der Waals surface area contributed by atoms with Crippen molar-refractivity contribution in [3.63, 3.8) is 0 Å². The summed E-state index contributed by atoms with van der Waals surface area (Å²) in [6, 6.07) is 2.70. The molecular formula is C29H41F2NaO7S4. The second kappa shape index (κ2) is 15.8. The van der Waals surface area contributed by atoms with Gasteiger partial charge < -0.3 is 4.74 Å². The summed E-state index contributed by atoms with van der Waals surface area (Å²) in [5.41, 5.74) is -1.60. The van der Waals surface area contributed by atoms with Crippen molar-refractivity contribution in [2.45, 2.75) is 68.3 Å². The number of rotatable bonds is 15. The molecule has 14 heteroatoms. The van der Waals surface area contributed by atoms with E-state index in [1.165, 1.54) is 12.1 Å². The fourth-order valence-corrected chi connectivity index (χ4v) is 12.8. The van der Waals surface area contributed by atoms with Crippen molar-refractivity contribution in [2.75, 3.05) is 18.1 Å². The Morgan fingerprint density at radius 1 is 0.884 bits per heavy atom. The molecule has 0 bridgehead atoms. The van der Waals surface area contributed by atoms with Gasteiger partial charge in [0.25, 0.3) is 20.2 Å². The van der Waals surface area contributed by atoms with Crippen LogP contribution in [0.2, 0.25) is 0 Å². The topological polar surface area (TPSA) is 118 Å². The van der Waals surface area contributed by atoms with Crippen LogP contribution in [0.1, 0.15) is 63.4 Å². The average molecular weight is 691 g/mol. The molecule has 1 aromatic carbocycles. The minimum atomic E-state index is -4.80. The molecule has 0 amide bonds. The first-order valence-electron chi connectivity index (χ1n) is 14.1. The first-order valence-corrected chi connectivity index (χ1v) is 20.5. The van der Waals surface area contributed by atoms with Crippen LogP contribution in [0.25, 0.3) is 0 Å². The van der Waals surface area contributed by atoms with Crippen LogP contribution >= 0.6 is 21.8 Å². The summed E-state index contributed by atoms with van der Waals surface area (Å²) in [5.74, 6) is -1.94. The van der Waals surface area contributed by atoms with Gasteiger partial charge in [-0.25, -0.2) is 26.2 Å². The van der Waals surface area contributed by atoms with Gasteiger partial charge in [0.15, 0.2) is 11.6 Å². The second-order valence-electron chi connectivity index (χ2n) is 11.0. The molecule has 0 spiro atoms. The molecule has 1 aliphatic carbocycles. The number of thiol groups is 2. The first-order chi connectivity index (χ1) is 19.9. The van der Waals surface area contributed by atoms with Crippen molar-refractivity contribution in [1.29, 1.82) is 0 Å². The maximum absolute atomic E-state index is 15.3. The van der Waals surface area contributed by atoms with E-state index in [0.717, 1.165) is 0 Å². The summed E-state index contributed by atoms with van der Waals surface area (Å²) in [5, 5.41) is 5.16. The standard InChI is InChI=1S/C29H40F2O7S4.Na.H/c1-2-38-24-12-11-23(27(30)28(24)31)22-13-14-29(21-22,25(41(32,33)34)9-7-19-39-15-3-4-16-39)26(42(35,36)37)10-8-20-40-17-5-6-18-40;;/h3-6,11-12,15-18,22,25-26,39-40H,2,7-10,13-14,19-21H2,1H3,(H,32,33,34)(H,35,36,37);;. The van der Waals surface area contributed by atoms with Crippen LogP contribution in [0.4, 0.5) is 8.78 Å². The molecule has 4 rings (SSSR count). The molecule has 7 nitrogen and oxygen atoms in total. The molecule has 0 saturated heterocycles. The van der Waals surface area contributed by atoms with E-state index in [0.29, 0.717) is 24.3 Å². The Balaban J connectivity index is 0.00000506. The van der Waals surface area contributed by atoms with Crippen molar-refractivity contribution < 1.29 is 39.5 Å². The van der Waals surface area contributed by atoms with Gasteiger partial charge in [-0.15, -0.1) is 0 Å². The fraction of sp³-hybridized carbons (Fsp3) is 0.517. The number of benzene rings is 1. The number of halogens is 2. The van der Waals surface area contributed by atoms with Crippen molar-refractivity contribution in [3.8, 4) is 5.75 Å². The van der Waals surface area contributed by atoms with Gasteiger partial charge in [0.1, 0.15) is 0 Å². The van der Waals surface area contributed by atoms with Crippen molar-refractivity contribution in [1.82, 2.24) is 0 Å². The average Bonchev–Trinajstić information content (AvgIpc) is 3.69. The van der Waals surface area contributed by atoms with E-state index in [1.807, 2.05) is 45.9 Å². The van der Waals surface area contributed by atoms with E-state index in [-0.39, 0.29) is 79.6 Å². The quantitative estimate of drug-likeness (QED) is 0.0995. The zero-order valence-corrected chi connectivity index (χ0v) is 26.9. The van der Waals surface area contributed by atoms with E-state index in [2.05, 4.69) is 0 Å². The van der Waals surface area contributed by atoms with Crippen molar-refractivity contribution >= 4 is 71.6 Å².